The van der Waals surface area contributed by atoms with Gasteiger partial charge in [-0.3, -0.25) is 19.3 Å². The lowest BCUT2D eigenvalue weighted by Gasteiger charge is -2.48. The van der Waals surface area contributed by atoms with Crippen molar-refractivity contribution in [2.45, 2.75) is 30.9 Å². The van der Waals surface area contributed by atoms with Gasteiger partial charge in [0.1, 0.15) is 22.6 Å². The number of carbonyl (C=O) groups excluding carboxylic acids is 4. The van der Waals surface area contributed by atoms with E-state index in [2.05, 4.69) is 0 Å². The Kier molecular flexibility index (Phi) is 6.12. The molecule has 2 aliphatic rings. The molecule has 5 N–H and O–H groups in total. The summed E-state index contributed by atoms with van der Waals surface area (Å²) in [5.41, 5.74) is 2.48. The zero-order valence-corrected chi connectivity index (χ0v) is 18.0. The summed E-state index contributed by atoms with van der Waals surface area (Å²) >= 11 is 0. The molecular formula is C22H26N2O8. The van der Waals surface area contributed by atoms with Crippen molar-refractivity contribution in [3.05, 3.63) is 40.7 Å². The average molecular weight is 446 g/mol. The fraction of sp³-hybridized carbons (Fsp3) is 0.455. The van der Waals surface area contributed by atoms with Crippen LogP contribution in [0.2, 0.25) is 0 Å². The second kappa shape index (κ2) is 8.36. The van der Waals surface area contributed by atoms with E-state index in [1.54, 1.807) is 26.2 Å². The molecule has 2 unspecified atom stereocenters. The predicted octanol–water partition coefficient (Wildman–Crippen LogP) is -0.142. The number of carbonyl (C=O) groups is 4. The number of esters is 1. The molecule has 0 spiro atoms. The largest absolute Gasteiger partial charge is 0.508 e. The lowest BCUT2D eigenvalue weighted by atomic mass is 9.60. The number of primary amides is 1. The van der Waals surface area contributed by atoms with Gasteiger partial charge >= 0.3 is 5.97 Å². The molecule has 1 saturated carbocycles. The number of aliphatic hydroxyl groups is 2. The zero-order chi connectivity index (χ0) is 24.0. The molecule has 4 atom stereocenters. The number of hydrogen-bond donors (Lipinski definition) is 4. The maximum absolute atomic E-state index is 13.1. The summed E-state index contributed by atoms with van der Waals surface area (Å²) in [5.74, 6) is -6.21. The summed E-state index contributed by atoms with van der Waals surface area (Å²) < 4.78 is 4.74. The van der Waals surface area contributed by atoms with Crippen molar-refractivity contribution in [3.63, 3.8) is 0 Å². The number of aliphatic hydroxyl groups excluding tert-OH is 1. The van der Waals surface area contributed by atoms with Gasteiger partial charge < -0.3 is 25.8 Å². The summed E-state index contributed by atoms with van der Waals surface area (Å²) in [6, 6.07) is 3.44. The summed E-state index contributed by atoms with van der Waals surface area (Å²) in [7, 11) is 4.30. The number of phenols is 1. The molecule has 10 heteroatoms. The van der Waals surface area contributed by atoms with Crippen LogP contribution in [0.5, 0.6) is 5.75 Å². The standard InChI is InChI=1S/C22H26N2O8/c1-24(2)17-12-8-10(7-11-5-4-6-13(25)15(11)21(30)32-3)9-14(26)22(12,31)19(28)16(18(17)27)20(23)29/h4-6,10,12,17,25,28,31H,7-9H2,1-3H3,(H2,23,29)/t10?,12?,17-,22+/m0/s1. The number of hydrogen-bond acceptors (Lipinski definition) is 9. The first-order valence-electron chi connectivity index (χ1n) is 10.0. The third-order valence-electron chi connectivity index (χ3n) is 6.35. The number of amides is 1. The van der Waals surface area contributed by atoms with Crippen molar-refractivity contribution in [1.29, 1.82) is 0 Å². The Balaban J connectivity index is 2.03. The van der Waals surface area contributed by atoms with Gasteiger partial charge in [0.15, 0.2) is 17.2 Å². The predicted molar refractivity (Wildman–Crippen MR) is 111 cm³/mol. The minimum Gasteiger partial charge on any atom is -0.508 e. The van der Waals surface area contributed by atoms with Crippen LogP contribution in [0.1, 0.15) is 28.8 Å². The van der Waals surface area contributed by atoms with Gasteiger partial charge in [-0.05, 0) is 44.5 Å². The fourth-order valence-corrected chi connectivity index (χ4v) is 4.93. The molecule has 0 heterocycles. The van der Waals surface area contributed by atoms with Crippen molar-refractivity contribution < 1.29 is 39.2 Å². The normalized spacial score (nSPS) is 28.0. The summed E-state index contributed by atoms with van der Waals surface area (Å²) in [6.07, 6.45) is 0.121. The molecule has 1 aromatic rings. The highest BCUT2D eigenvalue weighted by molar-refractivity contribution is 6.23. The van der Waals surface area contributed by atoms with E-state index in [4.69, 9.17) is 10.5 Å². The van der Waals surface area contributed by atoms with E-state index in [9.17, 15) is 34.5 Å². The number of aromatic hydroxyl groups is 1. The highest BCUT2D eigenvalue weighted by Gasteiger charge is 2.61. The number of fused-ring (bicyclic) bond motifs is 1. The van der Waals surface area contributed by atoms with Crippen LogP contribution in [0.4, 0.5) is 0 Å². The van der Waals surface area contributed by atoms with E-state index in [0.29, 0.717) is 5.56 Å². The zero-order valence-electron chi connectivity index (χ0n) is 18.0. The topological polar surface area (TPSA) is 167 Å². The number of benzene rings is 1. The molecule has 0 saturated heterocycles. The van der Waals surface area contributed by atoms with E-state index >= 15 is 0 Å². The number of methoxy groups -OCH3 is 1. The second-order valence-corrected chi connectivity index (χ2v) is 8.47. The van der Waals surface area contributed by atoms with Gasteiger partial charge in [-0.1, -0.05) is 12.1 Å². The van der Waals surface area contributed by atoms with Gasteiger partial charge in [0.2, 0.25) is 0 Å². The Morgan fingerprint density at radius 1 is 1.25 bits per heavy atom. The number of phenolic OH excluding ortho intramolecular Hbond substituents is 1. The van der Waals surface area contributed by atoms with Gasteiger partial charge in [0, 0.05) is 12.3 Å². The molecule has 3 rings (SSSR count). The molecule has 0 aromatic heterocycles. The molecular weight excluding hydrogens is 420 g/mol. The number of nitrogens with two attached hydrogens (primary N) is 1. The third kappa shape index (κ3) is 3.55. The van der Waals surface area contributed by atoms with Gasteiger partial charge in [0.05, 0.1) is 13.2 Å². The first-order chi connectivity index (χ1) is 14.9. The summed E-state index contributed by atoms with van der Waals surface area (Å²) in [5, 5.41) is 31.9. The number of nitrogens with zero attached hydrogens (tertiary/aromatic N) is 1. The van der Waals surface area contributed by atoms with E-state index in [-0.39, 0.29) is 30.6 Å². The van der Waals surface area contributed by atoms with Gasteiger partial charge in [-0.2, -0.15) is 0 Å². The van der Waals surface area contributed by atoms with Crippen molar-refractivity contribution in [2.24, 2.45) is 17.6 Å². The van der Waals surface area contributed by atoms with Crippen molar-refractivity contribution >= 4 is 23.4 Å². The number of ether oxygens (including phenoxy) is 1. The Bertz CT molecular complexity index is 1030. The quantitative estimate of drug-likeness (QED) is 0.355. The number of likely N-dealkylation sites (N-methyl/N-ethyl adjacent to an activating group) is 1. The smallest absolute Gasteiger partial charge is 0.341 e. The molecule has 1 fully saturated rings. The van der Waals surface area contributed by atoms with E-state index < -0.39 is 58.3 Å². The minimum absolute atomic E-state index is 0.0223. The van der Waals surface area contributed by atoms with Crippen molar-refractivity contribution in [3.8, 4) is 5.75 Å². The maximum Gasteiger partial charge on any atom is 0.341 e. The van der Waals surface area contributed by atoms with Crippen molar-refractivity contribution in [2.75, 3.05) is 21.2 Å². The maximum atomic E-state index is 13.1. The summed E-state index contributed by atoms with van der Waals surface area (Å²) in [4.78, 5) is 51.4. The van der Waals surface area contributed by atoms with Crippen LogP contribution in [0.15, 0.2) is 29.5 Å². The Hall–Kier alpha value is -3.24. The second-order valence-electron chi connectivity index (χ2n) is 8.47. The van der Waals surface area contributed by atoms with Crippen LogP contribution in [0, 0.1) is 11.8 Å². The van der Waals surface area contributed by atoms with Gasteiger partial charge in [-0.25, -0.2) is 4.79 Å². The molecule has 172 valence electrons. The van der Waals surface area contributed by atoms with Crippen LogP contribution in [-0.4, -0.2) is 76.5 Å². The molecule has 1 aromatic carbocycles. The Morgan fingerprint density at radius 2 is 1.91 bits per heavy atom. The number of Topliss-reactive ketones (excluding diaryl/α,β-unsaturated/α-hetero) is 2. The monoisotopic (exact) mass is 446 g/mol. The molecule has 0 radical (unpaired) electrons. The average Bonchev–Trinajstić information content (AvgIpc) is 2.70. The SMILES string of the molecule is COC(=O)c1c(O)cccc1CC1CC(=O)[C@@]2(O)C(O)=C(C(N)=O)C(=O)[C@@H](N(C)C)C2C1. The van der Waals surface area contributed by atoms with E-state index in [1.165, 1.54) is 18.1 Å². The minimum atomic E-state index is -2.42. The summed E-state index contributed by atoms with van der Waals surface area (Å²) in [6.45, 7) is 0. The lowest BCUT2D eigenvalue weighted by Crippen LogP contribution is -2.65. The Morgan fingerprint density at radius 3 is 2.47 bits per heavy atom. The lowest BCUT2D eigenvalue weighted by molar-refractivity contribution is -0.159. The molecule has 32 heavy (non-hydrogen) atoms. The van der Waals surface area contributed by atoms with Crippen molar-refractivity contribution in [1.82, 2.24) is 4.90 Å². The van der Waals surface area contributed by atoms with Crippen LogP contribution in [0.25, 0.3) is 0 Å². The van der Waals surface area contributed by atoms with E-state index in [1.807, 2.05) is 0 Å². The van der Waals surface area contributed by atoms with Crippen LogP contribution in [0.3, 0.4) is 0 Å². The highest BCUT2D eigenvalue weighted by Crippen LogP contribution is 2.47. The molecule has 1 amide bonds. The number of ketones is 2. The van der Waals surface area contributed by atoms with Crippen LogP contribution >= 0.6 is 0 Å². The van der Waals surface area contributed by atoms with Crippen LogP contribution in [-0.2, 0) is 25.5 Å². The molecule has 10 nitrogen and oxygen atoms in total. The molecule has 2 aliphatic carbocycles. The Labute approximate surface area is 184 Å². The van der Waals surface area contributed by atoms with Gasteiger partial charge in [-0.15, -0.1) is 0 Å². The number of rotatable bonds is 5. The van der Waals surface area contributed by atoms with Gasteiger partial charge in [0.25, 0.3) is 5.91 Å². The van der Waals surface area contributed by atoms with Crippen LogP contribution < -0.4 is 5.73 Å². The van der Waals surface area contributed by atoms with E-state index in [0.717, 1.165) is 0 Å². The highest BCUT2D eigenvalue weighted by atomic mass is 16.5. The third-order valence-corrected chi connectivity index (χ3v) is 6.35. The molecule has 0 aliphatic heterocycles. The molecule has 0 bridgehead atoms. The first-order valence-corrected chi connectivity index (χ1v) is 10.0. The fourth-order valence-electron chi connectivity index (χ4n) is 4.93. The first kappa shape index (κ1) is 23.4.